The molecule has 1 aliphatic carbocycles. The standard InChI is InChI=1S/C20H15F2N5O2/c21-17-15(4-6-25-18(17)22)13-7-14(10-23-9-13)26-20(29)12-3-5-24-16(8-12)27-19(28)11-1-2-11/h3-11H,1-2H2,(H,26,29)(H,24,27,28). The number of hydrogen-bond acceptors (Lipinski definition) is 5. The highest BCUT2D eigenvalue weighted by molar-refractivity contribution is 6.05. The Morgan fingerprint density at radius 3 is 2.59 bits per heavy atom. The van der Waals surface area contributed by atoms with Crippen LogP contribution in [0.25, 0.3) is 11.1 Å². The second-order valence-electron chi connectivity index (χ2n) is 6.57. The number of halogens is 2. The molecule has 2 N–H and O–H groups in total. The first-order valence-corrected chi connectivity index (χ1v) is 8.85. The van der Waals surface area contributed by atoms with Gasteiger partial charge in [-0.15, -0.1) is 0 Å². The van der Waals surface area contributed by atoms with Crippen LogP contribution in [0.2, 0.25) is 0 Å². The van der Waals surface area contributed by atoms with E-state index in [9.17, 15) is 18.4 Å². The fourth-order valence-corrected chi connectivity index (χ4v) is 2.71. The SMILES string of the molecule is O=C(Nc1cncc(-c2ccnc(F)c2F)c1)c1ccnc(NC(=O)C2CC2)c1. The summed E-state index contributed by atoms with van der Waals surface area (Å²) in [7, 11) is 0. The second-order valence-corrected chi connectivity index (χ2v) is 6.57. The van der Waals surface area contributed by atoms with Gasteiger partial charge in [0.2, 0.25) is 11.9 Å². The fourth-order valence-electron chi connectivity index (χ4n) is 2.71. The first-order valence-electron chi connectivity index (χ1n) is 8.85. The molecule has 0 aliphatic heterocycles. The van der Waals surface area contributed by atoms with E-state index in [1.165, 1.54) is 42.9 Å². The number of anilines is 2. The van der Waals surface area contributed by atoms with Gasteiger partial charge in [-0.05, 0) is 37.1 Å². The number of hydrogen-bond donors (Lipinski definition) is 2. The first kappa shape index (κ1) is 18.6. The summed E-state index contributed by atoms with van der Waals surface area (Å²) in [6.07, 6.45) is 7.02. The van der Waals surface area contributed by atoms with Crippen LogP contribution in [0.4, 0.5) is 20.3 Å². The fraction of sp³-hybridized carbons (Fsp3) is 0.150. The molecule has 0 spiro atoms. The molecule has 0 unspecified atom stereocenters. The highest BCUT2D eigenvalue weighted by Gasteiger charge is 2.29. The van der Waals surface area contributed by atoms with Gasteiger partial charge in [0.15, 0.2) is 5.82 Å². The maximum absolute atomic E-state index is 14.0. The Labute approximate surface area is 164 Å². The Balaban J connectivity index is 1.51. The van der Waals surface area contributed by atoms with E-state index in [1.54, 1.807) is 0 Å². The van der Waals surface area contributed by atoms with Gasteiger partial charge in [0.1, 0.15) is 5.82 Å². The molecule has 2 amide bonds. The molecule has 1 saturated carbocycles. The molecule has 1 aliphatic rings. The zero-order valence-corrected chi connectivity index (χ0v) is 15.0. The van der Waals surface area contributed by atoms with Crippen LogP contribution in [0.5, 0.6) is 0 Å². The summed E-state index contributed by atoms with van der Waals surface area (Å²) < 4.78 is 27.3. The molecule has 0 atom stereocenters. The van der Waals surface area contributed by atoms with Gasteiger partial charge in [-0.2, -0.15) is 4.39 Å². The molecule has 3 heterocycles. The van der Waals surface area contributed by atoms with Crippen molar-refractivity contribution >= 4 is 23.3 Å². The van der Waals surface area contributed by atoms with Crippen LogP contribution in [-0.4, -0.2) is 26.8 Å². The summed E-state index contributed by atoms with van der Waals surface area (Å²) in [5, 5.41) is 5.32. The quantitative estimate of drug-likeness (QED) is 0.646. The van der Waals surface area contributed by atoms with Crippen LogP contribution in [0, 0.1) is 17.7 Å². The molecule has 3 aromatic rings. The number of nitrogens with zero attached hydrogens (tertiary/aromatic N) is 3. The van der Waals surface area contributed by atoms with E-state index in [4.69, 9.17) is 0 Å². The number of nitrogens with one attached hydrogen (secondary N) is 2. The minimum absolute atomic E-state index is 0.0153. The topological polar surface area (TPSA) is 96.9 Å². The third kappa shape index (κ3) is 4.23. The molecule has 29 heavy (non-hydrogen) atoms. The van der Waals surface area contributed by atoms with Gasteiger partial charge in [0.05, 0.1) is 11.9 Å². The molecule has 3 aromatic heterocycles. The van der Waals surface area contributed by atoms with E-state index in [2.05, 4.69) is 25.6 Å². The van der Waals surface area contributed by atoms with Crippen molar-refractivity contribution in [3.63, 3.8) is 0 Å². The van der Waals surface area contributed by atoms with Gasteiger partial charge >= 0.3 is 0 Å². The van der Waals surface area contributed by atoms with Crippen LogP contribution in [0.3, 0.4) is 0 Å². The van der Waals surface area contributed by atoms with Gasteiger partial charge in [-0.25, -0.2) is 14.4 Å². The Morgan fingerprint density at radius 1 is 1.00 bits per heavy atom. The van der Waals surface area contributed by atoms with Crippen LogP contribution in [0.15, 0.2) is 49.1 Å². The van der Waals surface area contributed by atoms with Gasteiger partial charge in [0.25, 0.3) is 5.91 Å². The van der Waals surface area contributed by atoms with Crippen molar-refractivity contribution in [3.05, 3.63) is 66.4 Å². The van der Waals surface area contributed by atoms with Gasteiger partial charge < -0.3 is 10.6 Å². The summed E-state index contributed by atoms with van der Waals surface area (Å²) in [5.74, 6) is -2.58. The zero-order chi connectivity index (χ0) is 20.4. The first-order chi connectivity index (χ1) is 14.0. The molecule has 0 radical (unpaired) electrons. The third-order valence-electron chi connectivity index (χ3n) is 4.38. The largest absolute Gasteiger partial charge is 0.321 e. The number of pyridine rings is 3. The summed E-state index contributed by atoms with van der Waals surface area (Å²) in [6.45, 7) is 0. The number of carbonyl (C=O) groups is 2. The molecule has 0 saturated heterocycles. The van der Waals surface area contributed by atoms with Crippen molar-refractivity contribution in [1.82, 2.24) is 15.0 Å². The average molecular weight is 395 g/mol. The molecule has 1 fully saturated rings. The van der Waals surface area contributed by atoms with E-state index in [1.807, 2.05) is 0 Å². The summed E-state index contributed by atoms with van der Waals surface area (Å²) in [6, 6.07) is 5.75. The number of rotatable bonds is 5. The minimum Gasteiger partial charge on any atom is -0.321 e. The normalized spacial score (nSPS) is 13.0. The molecular formula is C20H15F2N5O2. The lowest BCUT2D eigenvalue weighted by Crippen LogP contribution is -2.16. The lowest BCUT2D eigenvalue weighted by molar-refractivity contribution is -0.117. The summed E-state index contributed by atoms with van der Waals surface area (Å²) in [4.78, 5) is 35.7. The maximum Gasteiger partial charge on any atom is 0.255 e. The second kappa shape index (κ2) is 7.70. The molecule has 7 nitrogen and oxygen atoms in total. The van der Waals surface area contributed by atoms with Crippen molar-refractivity contribution in [2.45, 2.75) is 12.8 Å². The Bertz CT molecular complexity index is 1100. The highest BCUT2D eigenvalue weighted by atomic mass is 19.2. The predicted molar refractivity (Wildman–Crippen MR) is 101 cm³/mol. The van der Waals surface area contributed by atoms with Gasteiger partial charge in [-0.3, -0.25) is 14.6 Å². The summed E-state index contributed by atoms with van der Waals surface area (Å²) in [5.41, 5.74) is 0.839. The van der Waals surface area contributed by atoms with Crippen LogP contribution in [0.1, 0.15) is 23.2 Å². The van der Waals surface area contributed by atoms with Crippen LogP contribution >= 0.6 is 0 Å². The van der Waals surface area contributed by atoms with Gasteiger partial charge in [-0.1, -0.05) is 0 Å². The van der Waals surface area contributed by atoms with E-state index < -0.39 is 17.7 Å². The Morgan fingerprint density at radius 2 is 1.79 bits per heavy atom. The molecular weight excluding hydrogens is 380 g/mol. The Kier molecular flexibility index (Phi) is 4.94. The number of aromatic nitrogens is 3. The highest BCUT2D eigenvalue weighted by Crippen LogP contribution is 2.30. The molecule has 9 heteroatoms. The summed E-state index contributed by atoms with van der Waals surface area (Å²) >= 11 is 0. The van der Waals surface area contributed by atoms with Gasteiger partial charge in [0, 0.05) is 41.2 Å². The molecule has 0 bridgehead atoms. The molecule has 0 aromatic carbocycles. The third-order valence-corrected chi connectivity index (χ3v) is 4.38. The maximum atomic E-state index is 14.0. The smallest absolute Gasteiger partial charge is 0.255 e. The average Bonchev–Trinajstić information content (AvgIpc) is 3.56. The monoisotopic (exact) mass is 395 g/mol. The van der Waals surface area contributed by atoms with E-state index in [-0.39, 0.29) is 34.3 Å². The van der Waals surface area contributed by atoms with Crippen molar-refractivity contribution in [1.29, 1.82) is 0 Å². The van der Waals surface area contributed by atoms with Crippen molar-refractivity contribution in [3.8, 4) is 11.1 Å². The van der Waals surface area contributed by atoms with Crippen molar-refractivity contribution in [2.75, 3.05) is 10.6 Å². The minimum atomic E-state index is -1.21. The van der Waals surface area contributed by atoms with E-state index in [0.29, 0.717) is 5.69 Å². The predicted octanol–water partition coefficient (Wildman–Crippen LogP) is 3.42. The van der Waals surface area contributed by atoms with Crippen molar-refractivity contribution in [2.24, 2.45) is 5.92 Å². The van der Waals surface area contributed by atoms with E-state index in [0.717, 1.165) is 19.0 Å². The molecule has 146 valence electrons. The lowest BCUT2D eigenvalue weighted by atomic mass is 10.1. The molecule has 4 rings (SSSR count). The van der Waals surface area contributed by atoms with Crippen molar-refractivity contribution < 1.29 is 18.4 Å². The number of carbonyl (C=O) groups excluding carboxylic acids is 2. The van der Waals surface area contributed by atoms with Crippen LogP contribution < -0.4 is 10.6 Å². The van der Waals surface area contributed by atoms with E-state index >= 15 is 0 Å². The van der Waals surface area contributed by atoms with Crippen LogP contribution in [-0.2, 0) is 4.79 Å². The zero-order valence-electron chi connectivity index (χ0n) is 15.0. The number of amides is 2. The lowest BCUT2D eigenvalue weighted by Gasteiger charge is -2.09. The Hall–Kier alpha value is -3.75.